The van der Waals surface area contributed by atoms with E-state index in [9.17, 15) is 9.90 Å². The summed E-state index contributed by atoms with van der Waals surface area (Å²) in [6.45, 7) is 0.964. The van der Waals surface area contributed by atoms with Crippen molar-refractivity contribution in [1.82, 2.24) is 9.88 Å². The van der Waals surface area contributed by atoms with Crippen LogP contribution in [0.1, 0.15) is 55.6 Å². The van der Waals surface area contributed by atoms with E-state index in [0.717, 1.165) is 47.7 Å². The molecule has 1 heterocycles. The van der Waals surface area contributed by atoms with Crippen molar-refractivity contribution >= 4 is 21.8 Å². The van der Waals surface area contributed by atoms with Gasteiger partial charge in [0.25, 0.3) is 0 Å². The number of benzene rings is 1. The second kappa shape index (κ2) is 8.34. The van der Waals surface area contributed by atoms with E-state index in [4.69, 9.17) is 0 Å². The van der Waals surface area contributed by atoms with E-state index in [-0.39, 0.29) is 17.7 Å². The van der Waals surface area contributed by atoms with Crippen molar-refractivity contribution in [3.63, 3.8) is 0 Å². The molecule has 1 aromatic heterocycles. The quantitative estimate of drug-likeness (QED) is 0.706. The maximum Gasteiger partial charge on any atom is 0.226 e. The molecule has 2 unspecified atom stereocenters. The standard InChI is InChI=1S/C23H27BrN2O2/c24-19-8-4-6-17(12-19)15-26(16-23(28)9-2-1-3-10-23)22(27)21-13-20(21)18-7-5-11-25-14-18/h4-8,11-12,14,20-21,28H,1-3,9-10,13,15-16H2. The van der Waals surface area contributed by atoms with E-state index in [2.05, 4.69) is 33.0 Å². The Bertz CT molecular complexity index is 820. The van der Waals surface area contributed by atoms with Crippen LogP contribution in [0.3, 0.4) is 0 Å². The van der Waals surface area contributed by atoms with Crippen molar-refractivity contribution in [1.29, 1.82) is 0 Å². The Morgan fingerprint density at radius 1 is 1.21 bits per heavy atom. The normalized spacial score (nSPS) is 23.2. The summed E-state index contributed by atoms with van der Waals surface area (Å²) < 4.78 is 1.01. The van der Waals surface area contributed by atoms with Gasteiger partial charge in [0.05, 0.1) is 5.60 Å². The van der Waals surface area contributed by atoms with E-state index in [1.807, 2.05) is 35.4 Å². The molecule has 1 N–H and O–H groups in total. The summed E-state index contributed by atoms with van der Waals surface area (Å²) in [6, 6.07) is 12.1. The number of amides is 1. The molecule has 0 radical (unpaired) electrons. The van der Waals surface area contributed by atoms with Gasteiger partial charge in [-0.2, -0.15) is 0 Å². The van der Waals surface area contributed by atoms with E-state index in [0.29, 0.717) is 13.1 Å². The summed E-state index contributed by atoms with van der Waals surface area (Å²) in [4.78, 5) is 19.5. The predicted octanol–water partition coefficient (Wildman–Crippen LogP) is 4.67. The van der Waals surface area contributed by atoms with Crippen molar-refractivity contribution < 1.29 is 9.90 Å². The second-order valence-electron chi connectivity index (χ2n) is 8.34. The van der Waals surface area contributed by atoms with Crippen LogP contribution in [0.15, 0.2) is 53.3 Å². The number of rotatable bonds is 6. The van der Waals surface area contributed by atoms with Crippen LogP contribution in [0.5, 0.6) is 0 Å². The molecule has 0 saturated heterocycles. The third-order valence-corrected chi connectivity index (χ3v) is 6.56. The highest BCUT2D eigenvalue weighted by Gasteiger charge is 2.47. The zero-order valence-corrected chi connectivity index (χ0v) is 17.6. The van der Waals surface area contributed by atoms with Crippen molar-refractivity contribution in [3.05, 3.63) is 64.4 Å². The first kappa shape index (κ1) is 19.6. The Kier molecular flexibility index (Phi) is 5.83. The fraction of sp³-hybridized carbons (Fsp3) is 0.478. The van der Waals surface area contributed by atoms with Gasteiger partial charge in [-0.1, -0.05) is 53.4 Å². The van der Waals surface area contributed by atoms with Crippen LogP contribution >= 0.6 is 15.9 Å². The molecule has 0 bridgehead atoms. The van der Waals surface area contributed by atoms with Crippen molar-refractivity contribution in [2.75, 3.05) is 6.54 Å². The lowest BCUT2D eigenvalue weighted by atomic mass is 9.84. The van der Waals surface area contributed by atoms with Crippen molar-refractivity contribution in [2.45, 2.75) is 56.6 Å². The average molecular weight is 443 g/mol. The number of hydrogen-bond donors (Lipinski definition) is 1. The smallest absolute Gasteiger partial charge is 0.226 e. The predicted molar refractivity (Wildman–Crippen MR) is 113 cm³/mol. The molecule has 2 aromatic rings. The van der Waals surface area contributed by atoms with Gasteiger partial charge >= 0.3 is 0 Å². The summed E-state index contributed by atoms with van der Waals surface area (Å²) in [5.41, 5.74) is 1.47. The van der Waals surface area contributed by atoms with Crippen molar-refractivity contribution in [3.8, 4) is 0 Å². The molecule has 0 spiro atoms. The zero-order valence-electron chi connectivity index (χ0n) is 16.1. The lowest BCUT2D eigenvalue weighted by molar-refractivity contribution is -0.138. The van der Waals surface area contributed by atoms with Gasteiger partial charge in [0.2, 0.25) is 5.91 Å². The molecule has 2 aliphatic carbocycles. The minimum absolute atomic E-state index is 0.00328. The number of halogens is 1. The van der Waals surface area contributed by atoms with E-state index in [1.165, 1.54) is 6.42 Å². The summed E-state index contributed by atoms with van der Waals surface area (Å²) >= 11 is 3.52. The largest absolute Gasteiger partial charge is 0.388 e. The Morgan fingerprint density at radius 3 is 2.75 bits per heavy atom. The first-order valence-corrected chi connectivity index (χ1v) is 11.0. The van der Waals surface area contributed by atoms with Crippen LogP contribution in [0, 0.1) is 5.92 Å². The Hall–Kier alpha value is -1.72. The van der Waals surface area contributed by atoms with Gasteiger partial charge < -0.3 is 10.0 Å². The summed E-state index contributed by atoms with van der Waals surface area (Å²) in [7, 11) is 0. The third kappa shape index (κ3) is 4.64. The zero-order chi connectivity index (χ0) is 19.6. The lowest BCUT2D eigenvalue weighted by Gasteiger charge is -2.37. The molecule has 148 valence electrons. The van der Waals surface area contributed by atoms with Crippen LogP contribution < -0.4 is 0 Å². The van der Waals surface area contributed by atoms with E-state index < -0.39 is 5.60 Å². The summed E-state index contributed by atoms with van der Waals surface area (Å²) in [6.07, 6.45) is 9.32. The number of pyridine rings is 1. The van der Waals surface area contributed by atoms with Crippen LogP contribution in [0.25, 0.3) is 0 Å². The minimum atomic E-state index is -0.751. The van der Waals surface area contributed by atoms with Gasteiger partial charge in [0.15, 0.2) is 0 Å². The molecular weight excluding hydrogens is 416 g/mol. The molecule has 2 fully saturated rings. The van der Waals surface area contributed by atoms with Gasteiger partial charge in [-0.25, -0.2) is 0 Å². The molecule has 2 atom stereocenters. The molecule has 0 aliphatic heterocycles. The summed E-state index contributed by atoms with van der Waals surface area (Å²) in [5, 5.41) is 11.1. The maximum atomic E-state index is 13.4. The number of nitrogens with zero attached hydrogens (tertiary/aromatic N) is 2. The van der Waals surface area contributed by atoms with E-state index in [1.54, 1.807) is 6.20 Å². The Morgan fingerprint density at radius 2 is 2.04 bits per heavy atom. The molecule has 1 aromatic carbocycles. The molecule has 2 aliphatic rings. The van der Waals surface area contributed by atoms with Crippen LogP contribution in [0.4, 0.5) is 0 Å². The Labute approximate surface area is 175 Å². The fourth-order valence-corrected chi connectivity index (χ4v) is 4.90. The first-order valence-electron chi connectivity index (χ1n) is 10.2. The fourth-order valence-electron chi connectivity index (χ4n) is 4.46. The summed E-state index contributed by atoms with van der Waals surface area (Å²) in [5.74, 6) is 0.420. The topological polar surface area (TPSA) is 53.4 Å². The number of hydrogen-bond acceptors (Lipinski definition) is 3. The van der Waals surface area contributed by atoms with Crippen LogP contribution in [-0.4, -0.2) is 33.0 Å². The van der Waals surface area contributed by atoms with E-state index >= 15 is 0 Å². The highest BCUT2D eigenvalue weighted by molar-refractivity contribution is 9.10. The number of carbonyl (C=O) groups excluding carboxylic acids is 1. The van der Waals surface area contributed by atoms with Crippen LogP contribution in [0.2, 0.25) is 0 Å². The highest BCUT2D eigenvalue weighted by Crippen LogP contribution is 2.48. The lowest BCUT2D eigenvalue weighted by Crippen LogP contribution is -2.47. The number of aliphatic hydroxyl groups is 1. The van der Waals surface area contributed by atoms with Gasteiger partial charge in [-0.05, 0) is 54.5 Å². The van der Waals surface area contributed by atoms with Gasteiger partial charge in [0, 0.05) is 35.9 Å². The third-order valence-electron chi connectivity index (χ3n) is 6.06. The molecule has 1 amide bonds. The molecule has 4 rings (SSSR count). The average Bonchev–Trinajstić information content (AvgIpc) is 3.49. The molecule has 2 saturated carbocycles. The number of carbonyl (C=O) groups is 1. The first-order chi connectivity index (χ1) is 13.5. The Balaban J connectivity index is 1.51. The van der Waals surface area contributed by atoms with Crippen LogP contribution in [-0.2, 0) is 11.3 Å². The SMILES string of the molecule is O=C(C1CC1c1cccnc1)N(Cc1cccc(Br)c1)CC1(O)CCCCC1. The van der Waals surface area contributed by atoms with Gasteiger partial charge in [-0.3, -0.25) is 9.78 Å². The number of aromatic nitrogens is 1. The van der Waals surface area contributed by atoms with Crippen molar-refractivity contribution in [2.24, 2.45) is 5.92 Å². The highest BCUT2D eigenvalue weighted by atomic mass is 79.9. The maximum absolute atomic E-state index is 13.4. The molecule has 28 heavy (non-hydrogen) atoms. The van der Waals surface area contributed by atoms with Gasteiger partial charge in [-0.15, -0.1) is 0 Å². The van der Waals surface area contributed by atoms with Gasteiger partial charge in [0.1, 0.15) is 0 Å². The monoisotopic (exact) mass is 442 g/mol. The molecule has 5 heteroatoms. The minimum Gasteiger partial charge on any atom is -0.388 e. The second-order valence-corrected chi connectivity index (χ2v) is 9.26. The molecule has 4 nitrogen and oxygen atoms in total. The molecular formula is C23H27BrN2O2.